The lowest BCUT2D eigenvalue weighted by molar-refractivity contribution is -0.123. The topological polar surface area (TPSA) is 17.1 Å². The Kier molecular flexibility index (Phi) is 6.22. The first kappa shape index (κ1) is 16.5. The van der Waals surface area contributed by atoms with Gasteiger partial charge in [-0.3, -0.25) is 4.79 Å². The van der Waals surface area contributed by atoms with E-state index >= 15 is 0 Å². The number of halogens is 2. The molecule has 0 amide bonds. The number of hydrogen-bond donors (Lipinski definition) is 0. The molecule has 3 heteroatoms. The van der Waals surface area contributed by atoms with Gasteiger partial charge in [-0.2, -0.15) is 0 Å². The van der Waals surface area contributed by atoms with Gasteiger partial charge in [0.1, 0.15) is 11.6 Å². The van der Waals surface area contributed by atoms with Crippen LogP contribution >= 0.6 is 11.6 Å². The molecule has 1 saturated carbocycles. The number of unbranched alkanes of at least 4 members (excludes halogenated alkanes) is 1. The molecule has 0 aliphatic heterocycles. The first-order valence-corrected chi connectivity index (χ1v) is 8.44. The van der Waals surface area contributed by atoms with Gasteiger partial charge in [0, 0.05) is 17.4 Å². The molecule has 0 aromatic heterocycles. The van der Waals surface area contributed by atoms with E-state index in [0.29, 0.717) is 10.6 Å². The molecule has 0 N–H and O–H groups in total. The average molecular weight is 311 g/mol. The van der Waals surface area contributed by atoms with Crippen LogP contribution in [0.4, 0.5) is 4.39 Å². The van der Waals surface area contributed by atoms with Crippen molar-refractivity contribution in [2.75, 3.05) is 0 Å². The highest BCUT2D eigenvalue weighted by Gasteiger charge is 2.26. The van der Waals surface area contributed by atoms with Crippen LogP contribution in [0.25, 0.3) is 0 Å². The summed E-state index contributed by atoms with van der Waals surface area (Å²) >= 11 is 5.88. The van der Waals surface area contributed by atoms with Gasteiger partial charge in [0.25, 0.3) is 0 Å². The van der Waals surface area contributed by atoms with Gasteiger partial charge in [0.2, 0.25) is 0 Å². The van der Waals surface area contributed by atoms with Crippen molar-refractivity contribution < 1.29 is 9.18 Å². The Balaban J connectivity index is 1.86. The number of carbonyl (C=O) groups is 1. The third-order valence-electron chi connectivity index (χ3n) is 4.64. The Morgan fingerprint density at radius 2 is 2.00 bits per heavy atom. The smallest absolute Gasteiger partial charge is 0.140 e. The second kappa shape index (κ2) is 7.93. The maximum atomic E-state index is 13.7. The van der Waals surface area contributed by atoms with E-state index in [1.165, 1.54) is 31.4 Å². The van der Waals surface area contributed by atoms with Crippen LogP contribution < -0.4 is 0 Å². The zero-order valence-electron chi connectivity index (χ0n) is 12.7. The summed E-state index contributed by atoms with van der Waals surface area (Å²) in [6, 6.07) is 4.43. The monoisotopic (exact) mass is 310 g/mol. The van der Waals surface area contributed by atoms with Crippen LogP contribution in [0.2, 0.25) is 5.02 Å². The molecule has 1 aliphatic carbocycles. The minimum atomic E-state index is -0.329. The zero-order valence-corrected chi connectivity index (χ0v) is 13.5. The van der Waals surface area contributed by atoms with Gasteiger partial charge in [-0.15, -0.1) is 0 Å². The Labute approximate surface area is 131 Å². The molecule has 1 nitrogen and oxygen atoms in total. The molecule has 21 heavy (non-hydrogen) atoms. The predicted molar refractivity (Wildman–Crippen MR) is 85.1 cm³/mol. The molecule has 0 radical (unpaired) electrons. The van der Waals surface area contributed by atoms with Crippen molar-refractivity contribution in [2.24, 2.45) is 11.8 Å². The van der Waals surface area contributed by atoms with Gasteiger partial charge in [0.15, 0.2) is 0 Å². The van der Waals surface area contributed by atoms with Gasteiger partial charge >= 0.3 is 0 Å². The normalized spacial score (nSPS) is 22.2. The molecule has 1 aromatic carbocycles. The lowest BCUT2D eigenvalue weighted by atomic mass is 9.77. The second-order valence-electron chi connectivity index (χ2n) is 6.24. The number of hydrogen-bond acceptors (Lipinski definition) is 1. The van der Waals surface area contributed by atoms with Gasteiger partial charge in [-0.25, -0.2) is 4.39 Å². The molecule has 0 unspecified atom stereocenters. The van der Waals surface area contributed by atoms with Crippen LogP contribution in [0.1, 0.15) is 57.4 Å². The zero-order chi connectivity index (χ0) is 15.2. The highest BCUT2D eigenvalue weighted by Crippen LogP contribution is 2.33. The van der Waals surface area contributed by atoms with Crippen molar-refractivity contribution in [2.45, 2.75) is 58.3 Å². The lowest BCUT2D eigenvalue weighted by Gasteiger charge is -2.27. The van der Waals surface area contributed by atoms with E-state index < -0.39 is 0 Å². The summed E-state index contributed by atoms with van der Waals surface area (Å²) in [6.45, 7) is 2.22. The maximum absolute atomic E-state index is 13.7. The van der Waals surface area contributed by atoms with Crippen LogP contribution in [0.3, 0.4) is 0 Å². The number of Topliss-reactive ketones (excluding diaryl/α,β-unsaturated/α-hetero) is 1. The number of rotatable bonds is 6. The fourth-order valence-corrected chi connectivity index (χ4v) is 3.47. The van der Waals surface area contributed by atoms with E-state index in [-0.39, 0.29) is 23.9 Å². The van der Waals surface area contributed by atoms with Crippen molar-refractivity contribution in [3.63, 3.8) is 0 Å². The van der Waals surface area contributed by atoms with Crippen molar-refractivity contribution in [3.8, 4) is 0 Å². The Morgan fingerprint density at radius 1 is 1.29 bits per heavy atom. The van der Waals surface area contributed by atoms with Gasteiger partial charge in [-0.1, -0.05) is 37.8 Å². The van der Waals surface area contributed by atoms with E-state index in [1.807, 2.05) is 0 Å². The summed E-state index contributed by atoms with van der Waals surface area (Å²) in [6.07, 6.45) is 8.23. The van der Waals surface area contributed by atoms with Crippen LogP contribution in [0, 0.1) is 17.7 Å². The third-order valence-corrected chi connectivity index (χ3v) is 4.88. The maximum Gasteiger partial charge on any atom is 0.140 e. The molecule has 1 fully saturated rings. The van der Waals surface area contributed by atoms with Gasteiger partial charge < -0.3 is 0 Å². The summed E-state index contributed by atoms with van der Waals surface area (Å²) in [7, 11) is 0. The Bertz CT molecular complexity index is 478. The molecule has 0 bridgehead atoms. The van der Waals surface area contributed by atoms with Gasteiger partial charge in [-0.05, 0) is 55.4 Å². The van der Waals surface area contributed by atoms with Crippen LogP contribution in [-0.4, -0.2) is 5.78 Å². The Morgan fingerprint density at radius 3 is 2.67 bits per heavy atom. The molecule has 2 rings (SSSR count). The molecule has 1 aromatic rings. The molecule has 0 spiro atoms. The quantitative estimate of drug-likeness (QED) is 0.669. The predicted octanol–water partition coefficient (Wildman–Crippen LogP) is 5.59. The highest BCUT2D eigenvalue weighted by atomic mass is 35.5. The number of benzene rings is 1. The minimum absolute atomic E-state index is 0.112. The largest absolute Gasteiger partial charge is 0.299 e. The molecular weight excluding hydrogens is 287 g/mol. The minimum Gasteiger partial charge on any atom is -0.299 e. The van der Waals surface area contributed by atoms with Crippen molar-refractivity contribution in [1.82, 2.24) is 0 Å². The number of ketones is 1. The van der Waals surface area contributed by atoms with Crippen molar-refractivity contribution >= 4 is 17.4 Å². The van der Waals surface area contributed by atoms with Crippen LogP contribution in [0.5, 0.6) is 0 Å². The molecular formula is C18H24ClFO. The van der Waals surface area contributed by atoms with Crippen molar-refractivity contribution in [3.05, 3.63) is 34.6 Å². The molecule has 116 valence electrons. The van der Waals surface area contributed by atoms with E-state index in [2.05, 4.69) is 6.92 Å². The van der Waals surface area contributed by atoms with Crippen molar-refractivity contribution in [1.29, 1.82) is 0 Å². The fraction of sp³-hybridized carbons (Fsp3) is 0.611. The summed E-state index contributed by atoms with van der Waals surface area (Å²) in [5, 5.41) is 0.488. The van der Waals surface area contributed by atoms with Crippen LogP contribution in [0.15, 0.2) is 18.2 Å². The van der Waals surface area contributed by atoms with E-state index in [9.17, 15) is 9.18 Å². The van der Waals surface area contributed by atoms with Gasteiger partial charge in [0.05, 0.1) is 0 Å². The summed E-state index contributed by atoms with van der Waals surface area (Å²) in [5.41, 5.74) is 0.431. The first-order valence-electron chi connectivity index (χ1n) is 8.06. The lowest BCUT2D eigenvalue weighted by Crippen LogP contribution is -2.23. The van der Waals surface area contributed by atoms with E-state index in [1.54, 1.807) is 6.07 Å². The Hall–Kier alpha value is -0.890. The SMILES string of the molecule is CCCCC1CCC(C(=O)Cc2cc(Cl)ccc2F)CC1. The summed E-state index contributed by atoms with van der Waals surface area (Å²) in [5.74, 6) is 0.743. The average Bonchev–Trinajstić information content (AvgIpc) is 2.49. The molecule has 0 saturated heterocycles. The van der Waals surface area contributed by atoms with Crippen LogP contribution in [-0.2, 0) is 11.2 Å². The van der Waals surface area contributed by atoms with E-state index in [4.69, 9.17) is 11.6 Å². The summed E-state index contributed by atoms with van der Waals surface area (Å²) < 4.78 is 13.7. The molecule has 0 atom stereocenters. The fourth-order valence-electron chi connectivity index (χ4n) is 3.28. The highest BCUT2D eigenvalue weighted by molar-refractivity contribution is 6.30. The second-order valence-corrected chi connectivity index (χ2v) is 6.68. The summed E-state index contributed by atoms with van der Waals surface area (Å²) in [4.78, 5) is 12.3. The standard InChI is InChI=1S/C18H24ClFO/c1-2-3-4-13-5-7-14(8-6-13)18(21)12-15-11-16(19)9-10-17(15)20/h9-11,13-14H,2-8,12H2,1H3. The third kappa shape index (κ3) is 4.81. The first-order chi connectivity index (χ1) is 10.1. The molecule has 0 heterocycles. The molecule has 1 aliphatic rings. The number of carbonyl (C=O) groups excluding carboxylic acids is 1. The van der Waals surface area contributed by atoms with E-state index in [0.717, 1.165) is 31.6 Å².